The summed E-state index contributed by atoms with van der Waals surface area (Å²) in [5.41, 5.74) is 1.17. The van der Waals surface area contributed by atoms with E-state index in [1.54, 1.807) is 26.0 Å². The Bertz CT molecular complexity index is 800. The Labute approximate surface area is 172 Å². The molecular weight excluding hydrogens is 435 g/mol. The lowest BCUT2D eigenvalue weighted by Crippen LogP contribution is -2.41. The molecule has 0 saturated carbocycles. The van der Waals surface area contributed by atoms with E-state index < -0.39 is 28.9 Å². The van der Waals surface area contributed by atoms with Crippen LogP contribution in [0.2, 0.25) is 0 Å². The van der Waals surface area contributed by atoms with Crippen molar-refractivity contribution in [1.82, 2.24) is 0 Å². The normalized spacial score (nSPS) is 15.8. The van der Waals surface area contributed by atoms with Crippen molar-refractivity contribution in [2.75, 3.05) is 24.7 Å². The molecule has 1 aliphatic rings. The van der Waals surface area contributed by atoms with Gasteiger partial charge in [0.05, 0.1) is 5.57 Å². The van der Waals surface area contributed by atoms with E-state index in [-0.39, 0.29) is 19.0 Å². The molecule has 29 heavy (non-hydrogen) atoms. The van der Waals surface area contributed by atoms with Crippen LogP contribution in [0.15, 0.2) is 17.7 Å². The molecule has 160 valence electrons. The molecule has 0 aromatic heterocycles. The molecule has 0 N–H and O–H groups in total. The van der Waals surface area contributed by atoms with E-state index in [4.69, 9.17) is 9.47 Å². The number of rotatable bonds is 9. The molecule has 1 atom stereocenters. The second-order valence-electron chi connectivity index (χ2n) is 5.98. The summed E-state index contributed by atoms with van der Waals surface area (Å²) < 4.78 is 50.4. The molecule has 0 bridgehead atoms. The number of carbonyl (C=O) groups excluding carboxylic acids is 1. The molecule has 0 spiro atoms. The number of nitrogens with zero attached hydrogens (tertiary/aromatic N) is 1. The van der Waals surface area contributed by atoms with Gasteiger partial charge in [-0.1, -0.05) is 33.2 Å². The van der Waals surface area contributed by atoms with Gasteiger partial charge in [0.1, 0.15) is 19.0 Å². The van der Waals surface area contributed by atoms with Gasteiger partial charge in [-0.25, -0.2) is 4.79 Å². The zero-order chi connectivity index (χ0) is 21.6. The summed E-state index contributed by atoms with van der Waals surface area (Å²) in [6.45, 7) is 3.23. The van der Waals surface area contributed by atoms with Gasteiger partial charge in [0, 0.05) is 17.1 Å². The first-order valence-corrected chi connectivity index (χ1v) is 10.8. The number of ether oxygens (including phenoxy) is 2. The number of hydrogen-bond acceptors (Lipinski definition) is 8. The summed E-state index contributed by atoms with van der Waals surface area (Å²) in [5, 5.41) is 9.09. The van der Waals surface area contributed by atoms with Crippen LogP contribution < -0.4 is 4.74 Å². The highest BCUT2D eigenvalue weighted by atomic mass is 33.1. The molecule has 1 aromatic rings. The molecule has 0 radical (unpaired) electrons. The van der Waals surface area contributed by atoms with Gasteiger partial charge in [0.2, 0.25) is 6.10 Å². The molecule has 1 aromatic carbocycles. The van der Waals surface area contributed by atoms with Crippen molar-refractivity contribution in [3.8, 4) is 5.75 Å². The molecule has 1 aliphatic heterocycles. The Morgan fingerprint density at radius 1 is 1.24 bits per heavy atom. The zero-order valence-corrected chi connectivity index (χ0v) is 17.1. The fraction of sp³-hybridized carbons (Fsp3) is 0.471. The summed E-state index contributed by atoms with van der Waals surface area (Å²) in [5.74, 6) is -0.364. The van der Waals surface area contributed by atoms with Crippen LogP contribution >= 0.6 is 21.6 Å². The van der Waals surface area contributed by atoms with Crippen LogP contribution in [-0.2, 0) is 14.4 Å². The van der Waals surface area contributed by atoms with E-state index >= 15 is 0 Å². The predicted molar refractivity (Wildman–Crippen MR) is 103 cm³/mol. The Kier molecular flexibility index (Phi) is 8.08. The van der Waals surface area contributed by atoms with Crippen molar-refractivity contribution >= 4 is 33.6 Å². The Hall–Kier alpha value is -2.08. The van der Waals surface area contributed by atoms with Gasteiger partial charge < -0.3 is 14.3 Å². The van der Waals surface area contributed by atoms with E-state index in [1.165, 1.54) is 21.6 Å². The largest absolute Gasteiger partial charge is 0.475 e. The molecule has 0 saturated heterocycles. The van der Waals surface area contributed by atoms with Gasteiger partial charge >= 0.3 is 12.1 Å². The monoisotopic (exact) mass is 453 g/mol. The third-order valence-corrected chi connectivity index (χ3v) is 5.99. The molecule has 7 nitrogen and oxygen atoms in total. The van der Waals surface area contributed by atoms with Gasteiger partial charge in [0.15, 0.2) is 0 Å². The maximum Gasteiger partial charge on any atom is 0.430 e. The molecule has 2 rings (SSSR count). The number of esters is 1. The molecule has 0 amide bonds. The van der Waals surface area contributed by atoms with E-state index in [2.05, 4.69) is 4.84 Å². The lowest BCUT2D eigenvalue weighted by Gasteiger charge is -2.29. The minimum atomic E-state index is -4.78. The third-order valence-electron chi connectivity index (χ3n) is 3.66. The fourth-order valence-electron chi connectivity index (χ4n) is 2.60. The van der Waals surface area contributed by atoms with Crippen LogP contribution in [0.4, 0.5) is 13.2 Å². The van der Waals surface area contributed by atoms with Gasteiger partial charge in [-0.3, -0.25) is 0 Å². The predicted octanol–water partition coefficient (Wildman–Crippen LogP) is 4.14. The number of hydrogen-bond donors (Lipinski definition) is 0. The first-order chi connectivity index (χ1) is 13.6. The summed E-state index contributed by atoms with van der Waals surface area (Å²) in [6.07, 6.45) is -6.01. The quantitative estimate of drug-likeness (QED) is 0.181. The number of carbonyl (C=O) groups is 1. The summed E-state index contributed by atoms with van der Waals surface area (Å²) in [6, 6.07) is 3.34. The van der Waals surface area contributed by atoms with Crippen LogP contribution in [0, 0.1) is 24.0 Å². The highest BCUT2D eigenvalue weighted by Gasteiger charge is 2.49. The van der Waals surface area contributed by atoms with E-state index in [9.17, 15) is 28.1 Å². The first-order valence-electron chi connectivity index (χ1n) is 8.34. The number of alkyl halides is 3. The smallest absolute Gasteiger partial charge is 0.430 e. The topological polar surface area (TPSA) is 87.9 Å². The van der Waals surface area contributed by atoms with Crippen LogP contribution in [0.3, 0.4) is 0 Å². The first kappa shape index (κ1) is 23.2. The van der Waals surface area contributed by atoms with Crippen LogP contribution in [0.1, 0.15) is 16.7 Å². The average molecular weight is 453 g/mol. The van der Waals surface area contributed by atoms with Crippen molar-refractivity contribution in [1.29, 1.82) is 0 Å². The van der Waals surface area contributed by atoms with Crippen molar-refractivity contribution in [3.63, 3.8) is 0 Å². The van der Waals surface area contributed by atoms with Gasteiger partial charge in [-0.05, 0) is 31.6 Å². The second kappa shape index (κ2) is 10.1. The van der Waals surface area contributed by atoms with Crippen LogP contribution in [0.25, 0.3) is 6.08 Å². The minimum absolute atomic E-state index is 0.0832. The summed E-state index contributed by atoms with van der Waals surface area (Å²) >= 11 is 0. The van der Waals surface area contributed by atoms with E-state index in [1.807, 2.05) is 0 Å². The van der Waals surface area contributed by atoms with E-state index in [0.717, 1.165) is 11.6 Å². The second-order valence-corrected chi connectivity index (χ2v) is 8.68. The van der Waals surface area contributed by atoms with Crippen molar-refractivity contribution < 1.29 is 37.4 Å². The Balaban J connectivity index is 1.97. The molecule has 0 fully saturated rings. The van der Waals surface area contributed by atoms with Crippen molar-refractivity contribution in [2.24, 2.45) is 0 Å². The maximum absolute atomic E-state index is 13.4. The van der Waals surface area contributed by atoms with E-state index in [0.29, 0.717) is 22.6 Å². The highest BCUT2D eigenvalue weighted by Crippen LogP contribution is 2.39. The molecule has 0 unspecified atom stereocenters. The zero-order valence-electron chi connectivity index (χ0n) is 15.5. The third kappa shape index (κ3) is 6.74. The molecular formula is C17H18F3NO6S2. The number of aryl methyl sites for hydroxylation is 2. The van der Waals surface area contributed by atoms with Gasteiger partial charge in [-0.15, -0.1) is 10.1 Å². The van der Waals surface area contributed by atoms with Gasteiger partial charge in [0.25, 0.3) is 5.09 Å². The molecule has 1 heterocycles. The van der Waals surface area contributed by atoms with Crippen LogP contribution in [-0.4, -0.2) is 48.1 Å². The average Bonchev–Trinajstić information content (AvgIpc) is 2.61. The maximum atomic E-state index is 13.4. The number of benzene rings is 1. The fourth-order valence-corrected chi connectivity index (χ4v) is 4.25. The standard InChI is InChI=1S/C17H18F3NO6S2/c1-10-7-11(2)14-12(8-10)9-13(15(27-14)17(18,19)20)16(22)25-3-5-28-29-6-4-26-21(23)24/h7-9,15H,3-6H2,1-2H3/t15-/m0/s1. The van der Waals surface area contributed by atoms with Crippen LogP contribution in [0.5, 0.6) is 5.75 Å². The molecule has 12 heteroatoms. The van der Waals surface area contributed by atoms with Gasteiger partial charge in [-0.2, -0.15) is 13.2 Å². The number of halogens is 3. The minimum Gasteiger partial charge on any atom is -0.475 e. The van der Waals surface area contributed by atoms with Crippen molar-refractivity contribution in [2.45, 2.75) is 26.1 Å². The highest BCUT2D eigenvalue weighted by molar-refractivity contribution is 8.76. The number of fused-ring (bicyclic) bond motifs is 1. The summed E-state index contributed by atoms with van der Waals surface area (Å²) in [4.78, 5) is 26.4. The Morgan fingerprint density at radius 3 is 2.52 bits per heavy atom. The molecule has 0 aliphatic carbocycles. The summed E-state index contributed by atoms with van der Waals surface area (Å²) in [7, 11) is 2.51. The lowest BCUT2D eigenvalue weighted by molar-refractivity contribution is -0.756. The SMILES string of the molecule is Cc1cc(C)c2c(c1)C=C(C(=O)OCCSSCCO[N+](=O)[O-])[C@@H](C(F)(F)F)O2. The lowest BCUT2D eigenvalue weighted by atomic mass is 9.97. The van der Waals surface area contributed by atoms with Crippen molar-refractivity contribution in [3.05, 3.63) is 44.5 Å². The Morgan fingerprint density at radius 2 is 1.90 bits per heavy atom.